The predicted molar refractivity (Wildman–Crippen MR) is 83.9 cm³/mol. The van der Waals surface area contributed by atoms with Crippen LogP contribution >= 0.6 is 24.0 Å². The summed E-state index contributed by atoms with van der Waals surface area (Å²) in [6.07, 6.45) is 7.03. The summed E-state index contributed by atoms with van der Waals surface area (Å²) in [4.78, 5) is 3.06. The van der Waals surface area contributed by atoms with Crippen molar-refractivity contribution in [3.63, 3.8) is 0 Å². The van der Waals surface area contributed by atoms with Crippen molar-refractivity contribution in [2.75, 3.05) is 12.0 Å². The van der Waals surface area contributed by atoms with E-state index in [9.17, 15) is 4.39 Å². The van der Waals surface area contributed by atoms with Gasteiger partial charge in [-0.25, -0.2) is 4.39 Å². The molecule has 0 spiro atoms. The fourth-order valence-electron chi connectivity index (χ4n) is 2.23. The van der Waals surface area contributed by atoms with Crippen LogP contribution in [-0.2, 0) is 6.54 Å². The molecule has 5 heteroatoms. The van der Waals surface area contributed by atoms with Gasteiger partial charge >= 0.3 is 0 Å². The summed E-state index contributed by atoms with van der Waals surface area (Å²) in [5.41, 5.74) is 1.78. The molecule has 0 aliphatic carbocycles. The number of unbranched alkanes of at least 4 members (excludes halogenated alkanes) is 3. The van der Waals surface area contributed by atoms with Crippen molar-refractivity contribution in [2.24, 2.45) is 0 Å². The average Bonchev–Trinajstić information content (AvgIpc) is 2.69. The van der Waals surface area contributed by atoms with Crippen LogP contribution in [0.5, 0.6) is 0 Å². The third kappa shape index (κ3) is 3.83. The van der Waals surface area contributed by atoms with Gasteiger partial charge < -0.3 is 9.55 Å². The predicted octanol–water partition coefficient (Wildman–Crippen LogP) is 4.76. The van der Waals surface area contributed by atoms with E-state index in [1.54, 1.807) is 6.07 Å². The molecule has 0 aliphatic heterocycles. The highest BCUT2D eigenvalue weighted by molar-refractivity contribution is 7.98. The summed E-state index contributed by atoms with van der Waals surface area (Å²) in [5.74, 6) is 1.01. The number of nitrogens with one attached hydrogen (secondary N) is 1. The van der Waals surface area contributed by atoms with Gasteiger partial charge in [-0.1, -0.05) is 12.8 Å². The van der Waals surface area contributed by atoms with Crippen LogP contribution in [-0.4, -0.2) is 21.6 Å². The molecule has 2 nitrogen and oxygen atoms in total. The zero-order chi connectivity index (χ0) is 13.7. The summed E-state index contributed by atoms with van der Waals surface area (Å²) in [7, 11) is 0. The van der Waals surface area contributed by atoms with Gasteiger partial charge in [-0.05, 0) is 55.3 Å². The van der Waals surface area contributed by atoms with Crippen molar-refractivity contribution in [1.82, 2.24) is 9.55 Å². The molecule has 0 amide bonds. The Morgan fingerprint density at radius 3 is 2.84 bits per heavy atom. The Bertz CT molecular complexity index is 589. The quantitative estimate of drug-likeness (QED) is 0.587. The number of imidazole rings is 1. The van der Waals surface area contributed by atoms with Gasteiger partial charge in [0, 0.05) is 6.54 Å². The van der Waals surface area contributed by atoms with Gasteiger partial charge in [0.25, 0.3) is 0 Å². The minimum Gasteiger partial charge on any atom is -0.330 e. The van der Waals surface area contributed by atoms with Crippen LogP contribution in [0.1, 0.15) is 25.7 Å². The molecule has 0 radical (unpaired) electrons. The lowest BCUT2D eigenvalue weighted by atomic mass is 10.2. The van der Waals surface area contributed by atoms with Gasteiger partial charge in [0.1, 0.15) is 5.82 Å². The lowest BCUT2D eigenvalue weighted by molar-refractivity contribution is 0.589. The molecule has 2 aromatic rings. The van der Waals surface area contributed by atoms with Crippen LogP contribution in [0.2, 0.25) is 0 Å². The van der Waals surface area contributed by atoms with E-state index in [2.05, 4.69) is 15.8 Å². The third-order valence-corrected chi connectivity index (χ3v) is 4.24. The van der Waals surface area contributed by atoms with Gasteiger partial charge in [0.2, 0.25) is 0 Å². The van der Waals surface area contributed by atoms with E-state index in [-0.39, 0.29) is 5.82 Å². The van der Waals surface area contributed by atoms with E-state index in [0.29, 0.717) is 4.77 Å². The second kappa shape index (κ2) is 7.10. The average molecular weight is 298 g/mol. The normalized spacial score (nSPS) is 11.3. The van der Waals surface area contributed by atoms with Crippen molar-refractivity contribution < 1.29 is 4.39 Å². The number of H-pyrrole nitrogens is 1. The second-order valence-corrected chi connectivity index (χ2v) is 6.02. The lowest BCUT2D eigenvalue weighted by Gasteiger charge is -2.04. The molecule has 0 atom stereocenters. The molecule has 19 heavy (non-hydrogen) atoms. The first-order valence-corrected chi connectivity index (χ1v) is 8.39. The number of benzene rings is 1. The van der Waals surface area contributed by atoms with E-state index in [0.717, 1.165) is 24.0 Å². The topological polar surface area (TPSA) is 20.7 Å². The zero-order valence-electron chi connectivity index (χ0n) is 11.1. The molecule has 1 N–H and O–H groups in total. The first kappa shape index (κ1) is 14.6. The molecule has 0 unspecified atom stereocenters. The lowest BCUT2D eigenvalue weighted by Crippen LogP contribution is -1.98. The Kier molecular flexibility index (Phi) is 5.45. The highest BCUT2D eigenvalue weighted by atomic mass is 32.2. The Morgan fingerprint density at radius 2 is 2.05 bits per heavy atom. The van der Waals surface area contributed by atoms with Crippen LogP contribution in [0.15, 0.2) is 18.2 Å². The number of aromatic nitrogens is 2. The molecule has 0 fully saturated rings. The van der Waals surface area contributed by atoms with Gasteiger partial charge in [-0.15, -0.1) is 0 Å². The van der Waals surface area contributed by atoms with Crippen LogP contribution < -0.4 is 0 Å². The highest BCUT2D eigenvalue weighted by Gasteiger charge is 2.04. The maximum atomic E-state index is 13.1. The number of nitrogens with zero attached hydrogens (tertiary/aromatic N) is 1. The van der Waals surface area contributed by atoms with Crippen LogP contribution in [0.3, 0.4) is 0 Å². The Balaban J connectivity index is 1.97. The van der Waals surface area contributed by atoms with E-state index in [1.165, 1.54) is 37.1 Å². The first-order valence-electron chi connectivity index (χ1n) is 6.59. The molecule has 0 aliphatic rings. The standard InChI is InChI=1S/C14H19FN2S2/c1-19-9-5-3-2-4-8-17-13-7-6-11(15)10-12(13)16-14(17)18/h6-7,10H,2-5,8-9H2,1H3,(H,16,18). The number of hydrogen-bond donors (Lipinski definition) is 1. The molecule has 0 bridgehead atoms. The molecule has 104 valence electrons. The van der Waals surface area contributed by atoms with Gasteiger partial charge in [0.05, 0.1) is 11.0 Å². The van der Waals surface area contributed by atoms with E-state index in [4.69, 9.17) is 12.2 Å². The van der Waals surface area contributed by atoms with E-state index < -0.39 is 0 Å². The number of aromatic amines is 1. The number of halogens is 1. The van der Waals surface area contributed by atoms with Crippen molar-refractivity contribution in [3.05, 3.63) is 28.8 Å². The van der Waals surface area contributed by atoms with Gasteiger partial charge in [-0.2, -0.15) is 11.8 Å². The summed E-state index contributed by atoms with van der Waals surface area (Å²) in [6, 6.07) is 4.78. The summed E-state index contributed by atoms with van der Waals surface area (Å²) in [5, 5.41) is 0. The monoisotopic (exact) mass is 298 g/mol. The van der Waals surface area contributed by atoms with E-state index in [1.807, 2.05) is 11.8 Å². The van der Waals surface area contributed by atoms with Crippen molar-refractivity contribution in [3.8, 4) is 0 Å². The van der Waals surface area contributed by atoms with Crippen LogP contribution in [0.4, 0.5) is 4.39 Å². The van der Waals surface area contributed by atoms with Gasteiger partial charge in [0.15, 0.2) is 4.77 Å². The SMILES string of the molecule is CSCCCCCCn1c(=S)[nH]c2cc(F)ccc21. The Morgan fingerprint density at radius 1 is 1.26 bits per heavy atom. The second-order valence-electron chi connectivity index (χ2n) is 4.65. The number of fused-ring (bicyclic) bond motifs is 1. The minimum absolute atomic E-state index is 0.229. The van der Waals surface area contributed by atoms with E-state index >= 15 is 0 Å². The fourth-order valence-corrected chi connectivity index (χ4v) is 3.02. The maximum absolute atomic E-state index is 13.1. The molecular weight excluding hydrogens is 279 g/mol. The molecule has 0 saturated heterocycles. The highest BCUT2D eigenvalue weighted by Crippen LogP contribution is 2.16. The third-order valence-electron chi connectivity index (χ3n) is 3.22. The van der Waals surface area contributed by atoms with Crippen LogP contribution in [0, 0.1) is 10.6 Å². The van der Waals surface area contributed by atoms with Crippen molar-refractivity contribution in [1.29, 1.82) is 0 Å². The van der Waals surface area contributed by atoms with Crippen LogP contribution in [0.25, 0.3) is 11.0 Å². The number of thioether (sulfide) groups is 1. The molecule has 2 rings (SSSR count). The summed E-state index contributed by atoms with van der Waals surface area (Å²) < 4.78 is 15.9. The minimum atomic E-state index is -0.229. The Hall–Kier alpha value is -0.810. The Labute approximate surface area is 122 Å². The molecule has 0 saturated carbocycles. The largest absolute Gasteiger partial charge is 0.330 e. The smallest absolute Gasteiger partial charge is 0.178 e. The van der Waals surface area contributed by atoms with Crippen molar-refractivity contribution in [2.45, 2.75) is 32.2 Å². The zero-order valence-corrected chi connectivity index (χ0v) is 12.7. The molecule has 1 aromatic heterocycles. The first-order chi connectivity index (χ1) is 9.22. The fraction of sp³-hybridized carbons (Fsp3) is 0.500. The maximum Gasteiger partial charge on any atom is 0.178 e. The molecule has 1 heterocycles. The number of aryl methyl sites for hydroxylation is 1. The molecule has 1 aromatic carbocycles. The summed E-state index contributed by atoms with van der Waals surface area (Å²) >= 11 is 7.20. The van der Waals surface area contributed by atoms with Gasteiger partial charge in [-0.3, -0.25) is 0 Å². The number of hydrogen-bond acceptors (Lipinski definition) is 2. The summed E-state index contributed by atoms with van der Waals surface area (Å²) in [6.45, 7) is 0.906. The molecular formula is C14H19FN2S2. The number of rotatable bonds is 7. The van der Waals surface area contributed by atoms with Crippen molar-refractivity contribution >= 4 is 35.0 Å².